The highest BCUT2D eigenvalue weighted by molar-refractivity contribution is 5.68. The zero-order chi connectivity index (χ0) is 14.1. The molecule has 0 saturated heterocycles. The van der Waals surface area contributed by atoms with E-state index in [1.165, 1.54) is 7.11 Å². The summed E-state index contributed by atoms with van der Waals surface area (Å²) >= 11 is 0. The first-order valence-corrected chi connectivity index (χ1v) is 5.91. The van der Waals surface area contributed by atoms with E-state index in [1.807, 2.05) is 30.3 Å². The van der Waals surface area contributed by atoms with Crippen molar-refractivity contribution in [3.05, 3.63) is 35.9 Å². The highest BCUT2D eigenvalue weighted by atomic mass is 16.5. The second kappa shape index (κ2) is 7.97. The molecule has 0 aliphatic heterocycles. The van der Waals surface area contributed by atoms with Crippen LogP contribution in [0.15, 0.2) is 30.3 Å². The van der Waals surface area contributed by atoms with Crippen molar-refractivity contribution >= 4 is 12.2 Å². The first-order valence-electron chi connectivity index (χ1n) is 5.91. The SMILES string of the molecule is COC(=O)NCC(C)NC(=O)OCc1ccccc1. The van der Waals surface area contributed by atoms with Gasteiger partial charge in [0.15, 0.2) is 0 Å². The predicted octanol–water partition coefficient (Wildman–Crippen LogP) is 1.66. The first-order chi connectivity index (χ1) is 9.11. The van der Waals surface area contributed by atoms with E-state index >= 15 is 0 Å². The number of rotatable bonds is 5. The molecule has 2 N–H and O–H groups in total. The van der Waals surface area contributed by atoms with E-state index in [0.717, 1.165) is 5.56 Å². The van der Waals surface area contributed by atoms with Gasteiger partial charge in [0.1, 0.15) is 6.61 Å². The molecule has 1 atom stereocenters. The number of amides is 2. The average Bonchev–Trinajstić information content (AvgIpc) is 2.43. The van der Waals surface area contributed by atoms with Crippen molar-refractivity contribution in [1.82, 2.24) is 10.6 Å². The third kappa shape index (κ3) is 6.30. The normalized spacial score (nSPS) is 11.3. The summed E-state index contributed by atoms with van der Waals surface area (Å²) in [6, 6.07) is 9.14. The second-order valence-electron chi connectivity index (χ2n) is 3.98. The molecule has 0 aliphatic rings. The van der Waals surface area contributed by atoms with Gasteiger partial charge in [-0.05, 0) is 12.5 Å². The highest BCUT2D eigenvalue weighted by Gasteiger charge is 2.09. The topological polar surface area (TPSA) is 76.7 Å². The van der Waals surface area contributed by atoms with Crippen LogP contribution in [0.25, 0.3) is 0 Å². The lowest BCUT2D eigenvalue weighted by molar-refractivity contribution is 0.135. The summed E-state index contributed by atoms with van der Waals surface area (Å²) in [6.07, 6.45) is -1.06. The Morgan fingerprint density at radius 2 is 1.89 bits per heavy atom. The Bertz CT molecular complexity index is 408. The first kappa shape index (κ1) is 14.8. The summed E-state index contributed by atoms with van der Waals surface area (Å²) in [5.74, 6) is 0. The molecule has 6 heteroatoms. The summed E-state index contributed by atoms with van der Waals surface area (Å²) in [5.41, 5.74) is 0.915. The molecule has 0 saturated carbocycles. The molecule has 0 aromatic heterocycles. The van der Waals surface area contributed by atoms with Gasteiger partial charge < -0.3 is 20.1 Å². The van der Waals surface area contributed by atoms with Crippen LogP contribution in [0.4, 0.5) is 9.59 Å². The van der Waals surface area contributed by atoms with Gasteiger partial charge in [0, 0.05) is 12.6 Å². The third-order valence-electron chi connectivity index (χ3n) is 2.31. The molecule has 1 aromatic rings. The smallest absolute Gasteiger partial charge is 0.407 e. The van der Waals surface area contributed by atoms with Crippen molar-refractivity contribution < 1.29 is 19.1 Å². The van der Waals surface area contributed by atoms with Gasteiger partial charge in [-0.1, -0.05) is 30.3 Å². The fourth-order valence-electron chi connectivity index (χ4n) is 1.33. The number of hydrogen-bond acceptors (Lipinski definition) is 4. The molecule has 1 rings (SSSR count). The third-order valence-corrected chi connectivity index (χ3v) is 2.31. The number of benzene rings is 1. The van der Waals surface area contributed by atoms with Gasteiger partial charge in [-0.25, -0.2) is 9.59 Å². The number of carbonyl (C=O) groups excluding carboxylic acids is 2. The van der Waals surface area contributed by atoms with Crippen LogP contribution in [0.1, 0.15) is 12.5 Å². The number of nitrogens with one attached hydrogen (secondary N) is 2. The van der Waals surface area contributed by atoms with E-state index in [9.17, 15) is 9.59 Å². The van der Waals surface area contributed by atoms with Crippen LogP contribution in [-0.2, 0) is 16.1 Å². The van der Waals surface area contributed by atoms with Crippen LogP contribution in [0.2, 0.25) is 0 Å². The van der Waals surface area contributed by atoms with E-state index < -0.39 is 12.2 Å². The number of carbonyl (C=O) groups is 2. The van der Waals surface area contributed by atoms with E-state index in [0.29, 0.717) is 0 Å². The molecule has 6 nitrogen and oxygen atoms in total. The lowest BCUT2D eigenvalue weighted by atomic mass is 10.2. The predicted molar refractivity (Wildman–Crippen MR) is 69.6 cm³/mol. The van der Waals surface area contributed by atoms with Gasteiger partial charge in [-0.3, -0.25) is 0 Å². The van der Waals surface area contributed by atoms with Gasteiger partial charge in [0.25, 0.3) is 0 Å². The Kier molecular flexibility index (Phi) is 6.21. The number of alkyl carbamates (subject to hydrolysis) is 2. The average molecular weight is 266 g/mol. The van der Waals surface area contributed by atoms with Crippen LogP contribution in [0.5, 0.6) is 0 Å². The molecule has 2 amide bonds. The van der Waals surface area contributed by atoms with E-state index in [-0.39, 0.29) is 19.2 Å². The van der Waals surface area contributed by atoms with Crippen LogP contribution in [0, 0.1) is 0 Å². The zero-order valence-electron chi connectivity index (χ0n) is 11.0. The van der Waals surface area contributed by atoms with Crippen molar-refractivity contribution in [3.8, 4) is 0 Å². The molecule has 0 heterocycles. The maximum atomic E-state index is 11.5. The van der Waals surface area contributed by atoms with Gasteiger partial charge in [-0.15, -0.1) is 0 Å². The van der Waals surface area contributed by atoms with Gasteiger partial charge in [0.05, 0.1) is 7.11 Å². The lowest BCUT2D eigenvalue weighted by Gasteiger charge is -2.14. The number of hydrogen-bond donors (Lipinski definition) is 2. The van der Waals surface area contributed by atoms with Crippen molar-refractivity contribution in [2.75, 3.05) is 13.7 Å². The Labute approximate surface area is 112 Å². The summed E-state index contributed by atoms with van der Waals surface area (Å²) < 4.78 is 9.45. The molecule has 19 heavy (non-hydrogen) atoms. The minimum atomic E-state index is -0.536. The fraction of sp³-hybridized carbons (Fsp3) is 0.385. The van der Waals surface area contributed by atoms with Crippen molar-refractivity contribution in [2.45, 2.75) is 19.6 Å². The molecule has 1 aromatic carbocycles. The minimum Gasteiger partial charge on any atom is -0.453 e. The quantitative estimate of drug-likeness (QED) is 0.849. The summed E-state index contributed by atoms with van der Waals surface area (Å²) in [4.78, 5) is 22.3. The summed E-state index contributed by atoms with van der Waals surface area (Å²) in [7, 11) is 1.28. The van der Waals surface area contributed by atoms with E-state index in [1.54, 1.807) is 6.92 Å². The Morgan fingerprint density at radius 1 is 1.21 bits per heavy atom. The van der Waals surface area contributed by atoms with Crippen molar-refractivity contribution in [1.29, 1.82) is 0 Å². The van der Waals surface area contributed by atoms with E-state index in [2.05, 4.69) is 15.4 Å². The monoisotopic (exact) mass is 266 g/mol. The molecule has 0 aliphatic carbocycles. The van der Waals surface area contributed by atoms with Crippen LogP contribution in [0.3, 0.4) is 0 Å². The minimum absolute atomic E-state index is 0.212. The van der Waals surface area contributed by atoms with Crippen molar-refractivity contribution in [2.24, 2.45) is 0 Å². The van der Waals surface area contributed by atoms with E-state index in [4.69, 9.17) is 4.74 Å². The second-order valence-corrected chi connectivity index (χ2v) is 3.98. The van der Waals surface area contributed by atoms with Crippen LogP contribution in [-0.4, -0.2) is 31.9 Å². The molecule has 0 bridgehead atoms. The molecule has 104 valence electrons. The summed E-state index contributed by atoms with van der Waals surface area (Å²) in [5, 5.41) is 5.08. The Balaban J connectivity index is 2.21. The van der Waals surface area contributed by atoms with Crippen LogP contribution < -0.4 is 10.6 Å². The highest BCUT2D eigenvalue weighted by Crippen LogP contribution is 2.00. The Hall–Kier alpha value is -2.24. The van der Waals surface area contributed by atoms with Gasteiger partial charge >= 0.3 is 12.2 Å². The zero-order valence-corrected chi connectivity index (χ0v) is 11.0. The van der Waals surface area contributed by atoms with Crippen LogP contribution >= 0.6 is 0 Å². The Morgan fingerprint density at radius 3 is 2.53 bits per heavy atom. The molecule has 0 spiro atoms. The molecule has 0 fully saturated rings. The molecule has 0 radical (unpaired) electrons. The maximum Gasteiger partial charge on any atom is 0.407 e. The van der Waals surface area contributed by atoms with Gasteiger partial charge in [0.2, 0.25) is 0 Å². The number of methoxy groups -OCH3 is 1. The largest absolute Gasteiger partial charge is 0.453 e. The van der Waals surface area contributed by atoms with Crippen molar-refractivity contribution in [3.63, 3.8) is 0 Å². The fourth-order valence-corrected chi connectivity index (χ4v) is 1.33. The number of ether oxygens (including phenoxy) is 2. The van der Waals surface area contributed by atoms with Gasteiger partial charge in [-0.2, -0.15) is 0 Å². The lowest BCUT2D eigenvalue weighted by Crippen LogP contribution is -2.41. The molecule has 1 unspecified atom stereocenters. The molecular formula is C13H18N2O4. The molecular weight excluding hydrogens is 248 g/mol. The standard InChI is InChI=1S/C13H18N2O4/c1-10(8-14-12(16)18-2)15-13(17)19-9-11-6-4-3-5-7-11/h3-7,10H,8-9H2,1-2H3,(H,14,16)(H,15,17). The maximum absolute atomic E-state index is 11.5. The summed E-state index contributed by atoms with van der Waals surface area (Å²) in [6.45, 7) is 2.23.